The van der Waals surface area contributed by atoms with E-state index < -0.39 is 0 Å². The molecular weight excluding hydrogens is 320 g/mol. The Morgan fingerprint density at radius 2 is 2.32 bits per heavy atom. The van der Waals surface area contributed by atoms with Crippen LogP contribution in [-0.4, -0.2) is 55.8 Å². The molecule has 0 saturated carbocycles. The highest BCUT2D eigenvalue weighted by atomic mass is 16.6. The Morgan fingerprint density at radius 1 is 1.52 bits per heavy atom. The second-order valence-electron chi connectivity index (χ2n) is 5.83. The van der Waals surface area contributed by atoms with Gasteiger partial charge in [0.1, 0.15) is 5.76 Å². The standard InChI is InChI=1S/C18H28N4O3/c1-3-10-19-17(20-11-7-16-6-5-14-25-16)21-15-8-12-22(13-9-15)18(23)24-4-2/h3,5-6,14-15H,1,4,7-13H2,2H3,(H2,19,20,21). The van der Waals surface area contributed by atoms with E-state index in [0.29, 0.717) is 32.8 Å². The Bertz CT molecular complexity index is 549. The second kappa shape index (κ2) is 10.4. The molecule has 7 nitrogen and oxygen atoms in total. The SMILES string of the molecule is C=CCNC(=NCCc1ccco1)NC1CCN(C(=O)OCC)CC1. The van der Waals surface area contributed by atoms with Crippen LogP contribution in [0.4, 0.5) is 4.79 Å². The van der Waals surface area contributed by atoms with E-state index in [1.54, 1.807) is 17.2 Å². The number of carbonyl (C=O) groups excluding carboxylic acids is 1. The molecular formula is C18H28N4O3. The summed E-state index contributed by atoms with van der Waals surface area (Å²) in [4.78, 5) is 18.1. The van der Waals surface area contributed by atoms with Gasteiger partial charge in [0, 0.05) is 38.6 Å². The average Bonchev–Trinajstić information content (AvgIpc) is 3.13. The minimum Gasteiger partial charge on any atom is -0.469 e. The molecule has 0 aromatic carbocycles. The number of carbonyl (C=O) groups is 1. The molecule has 2 rings (SSSR count). The first-order valence-electron chi connectivity index (χ1n) is 8.82. The van der Waals surface area contributed by atoms with E-state index in [1.807, 2.05) is 19.1 Å². The van der Waals surface area contributed by atoms with Gasteiger partial charge in [-0.05, 0) is 31.9 Å². The van der Waals surface area contributed by atoms with Crippen LogP contribution in [0.2, 0.25) is 0 Å². The number of ether oxygens (including phenoxy) is 1. The van der Waals surface area contributed by atoms with Gasteiger partial charge in [-0.3, -0.25) is 4.99 Å². The monoisotopic (exact) mass is 348 g/mol. The maximum atomic E-state index is 11.7. The van der Waals surface area contributed by atoms with Gasteiger partial charge < -0.3 is 24.7 Å². The van der Waals surface area contributed by atoms with E-state index >= 15 is 0 Å². The van der Waals surface area contributed by atoms with Crippen molar-refractivity contribution in [2.45, 2.75) is 32.2 Å². The van der Waals surface area contributed by atoms with E-state index in [2.05, 4.69) is 22.2 Å². The second-order valence-corrected chi connectivity index (χ2v) is 5.83. The minimum atomic E-state index is -0.224. The average molecular weight is 348 g/mol. The van der Waals surface area contributed by atoms with Crippen LogP contribution in [0.1, 0.15) is 25.5 Å². The molecule has 0 spiro atoms. The first kappa shape index (κ1) is 18.9. The quantitative estimate of drug-likeness (QED) is 0.448. The molecule has 0 unspecified atom stereocenters. The number of piperidine rings is 1. The summed E-state index contributed by atoms with van der Waals surface area (Å²) >= 11 is 0. The number of furan rings is 1. The fourth-order valence-corrected chi connectivity index (χ4v) is 2.67. The Hall–Kier alpha value is -2.44. The molecule has 0 aliphatic carbocycles. The van der Waals surface area contributed by atoms with Crippen LogP contribution < -0.4 is 10.6 Å². The number of rotatable bonds is 7. The largest absolute Gasteiger partial charge is 0.469 e. The van der Waals surface area contributed by atoms with Crippen molar-refractivity contribution >= 4 is 12.1 Å². The van der Waals surface area contributed by atoms with Gasteiger partial charge in [-0.1, -0.05) is 6.08 Å². The highest BCUT2D eigenvalue weighted by Gasteiger charge is 2.23. The molecule has 1 saturated heterocycles. The number of nitrogens with zero attached hydrogens (tertiary/aromatic N) is 2. The molecule has 2 N–H and O–H groups in total. The number of amides is 1. The van der Waals surface area contributed by atoms with Gasteiger partial charge in [0.25, 0.3) is 0 Å². The first-order chi connectivity index (χ1) is 12.2. The third kappa shape index (κ3) is 6.52. The van der Waals surface area contributed by atoms with Crippen molar-refractivity contribution in [3.63, 3.8) is 0 Å². The summed E-state index contributed by atoms with van der Waals surface area (Å²) in [5.74, 6) is 1.69. The van der Waals surface area contributed by atoms with E-state index in [0.717, 1.165) is 31.0 Å². The smallest absolute Gasteiger partial charge is 0.409 e. The topological polar surface area (TPSA) is 79.1 Å². The van der Waals surface area contributed by atoms with Crippen LogP contribution in [-0.2, 0) is 11.2 Å². The van der Waals surface area contributed by atoms with Gasteiger partial charge in [-0.2, -0.15) is 0 Å². The molecule has 1 aliphatic heterocycles. The molecule has 7 heteroatoms. The lowest BCUT2D eigenvalue weighted by Gasteiger charge is -2.32. The van der Waals surface area contributed by atoms with Crippen LogP contribution in [0.15, 0.2) is 40.5 Å². The lowest BCUT2D eigenvalue weighted by Crippen LogP contribution is -2.50. The van der Waals surface area contributed by atoms with Gasteiger partial charge in [0.15, 0.2) is 5.96 Å². The van der Waals surface area contributed by atoms with E-state index in [4.69, 9.17) is 9.15 Å². The molecule has 1 amide bonds. The molecule has 0 radical (unpaired) electrons. The highest BCUT2D eigenvalue weighted by Crippen LogP contribution is 2.11. The van der Waals surface area contributed by atoms with Gasteiger partial charge in [-0.25, -0.2) is 4.79 Å². The summed E-state index contributed by atoms with van der Waals surface area (Å²) in [5.41, 5.74) is 0. The molecule has 0 bridgehead atoms. The molecule has 1 aromatic heterocycles. The zero-order chi connectivity index (χ0) is 17.9. The first-order valence-corrected chi connectivity index (χ1v) is 8.82. The van der Waals surface area contributed by atoms with Gasteiger partial charge in [0.05, 0.1) is 12.9 Å². The number of nitrogens with one attached hydrogen (secondary N) is 2. The summed E-state index contributed by atoms with van der Waals surface area (Å²) in [7, 11) is 0. The Kier molecular flexibility index (Phi) is 7.88. The van der Waals surface area contributed by atoms with Crippen molar-refractivity contribution in [1.29, 1.82) is 0 Å². The Balaban J connectivity index is 1.80. The molecule has 2 heterocycles. The van der Waals surface area contributed by atoms with Crippen molar-refractivity contribution in [2.24, 2.45) is 4.99 Å². The van der Waals surface area contributed by atoms with E-state index in [1.165, 1.54) is 0 Å². The van der Waals surface area contributed by atoms with Crippen molar-refractivity contribution in [3.8, 4) is 0 Å². The molecule has 1 aliphatic rings. The summed E-state index contributed by atoms with van der Waals surface area (Å²) < 4.78 is 10.4. The number of likely N-dealkylation sites (tertiary alicyclic amines) is 1. The molecule has 1 aromatic rings. The zero-order valence-electron chi connectivity index (χ0n) is 14.9. The lowest BCUT2D eigenvalue weighted by atomic mass is 10.1. The third-order valence-corrected chi connectivity index (χ3v) is 3.98. The molecule has 0 atom stereocenters. The van der Waals surface area contributed by atoms with Crippen molar-refractivity contribution < 1.29 is 13.9 Å². The van der Waals surface area contributed by atoms with Crippen LogP contribution >= 0.6 is 0 Å². The van der Waals surface area contributed by atoms with E-state index in [-0.39, 0.29) is 12.1 Å². The maximum absolute atomic E-state index is 11.7. The Morgan fingerprint density at radius 3 is 2.96 bits per heavy atom. The number of aliphatic imine (C=N–C) groups is 1. The van der Waals surface area contributed by atoms with Crippen molar-refractivity contribution in [3.05, 3.63) is 36.8 Å². The summed E-state index contributed by atoms with van der Waals surface area (Å²) in [6, 6.07) is 4.11. The van der Waals surface area contributed by atoms with Crippen molar-refractivity contribution in [2.75, 3.05) is 32.8 Å². The van der Waals surface area contributed by atoms with Crippen LogP contribution in [0, 0.1) is 0 Å². The zero-order valence-corrected chi connectivity index (χ0v) is 14.9. The van der Waals surface area contributed by atoms with Crippen LogP contribution in [0.5, 0.6) is 0 Å². The van der Waals surface area contributed by atoms with Gasteiger partial charge in [0.2, 0.25) is 0 Å². The predicted octanol–water partition coefficient (Wildman–Crippen LogP) is 2.16. The summed E-state index contributed by atoms with van der Waals surface area (Å²) in [6.45, 7) is 8.63. The normalized spacial score (nSPS) is 15.7. The van der Waals surface area contributed by atoms with Gasteiger partial charge >= 0.3 is 6.09 Å². The highest BCUT2D eigenvalue weighted by molar-refractivity contribution is 5.80. The fraction of sp³-hybridized carbons (Fsp3) is 0.556. The maximum Gasteiger partial charge on any atom is 0.409 e. The van der Waals surface area contributed by atoms with Crippen molar-refractivity contribution in [1.82, 2.24) is 15.5 Å². The lowest BCUT2D eigenvalue weighted by molar-refractivity contribution is 0.0963. The molecule has 1 fully saturated rings. The van der Waals surface area contributed by atoms with Crippen LogP contribution in [0.25, 0.3) is 0 Å². The van der Waals surface area contributed by atoms with E-state index in [9.17, 15) is 4.79 Å². The Labute approximate surface area is 149 Å². The predicted molar refractivity (Wildman–Crippen MR) is 97.7 cm³/mol. The molecule has 25 heavy (non-hydrogen) atoms. The number of hydrogen-bond acceptors (Lipinski definition) is 4. The fourth-order valence-electron chi connectivity index (χ4n) is 2.67. The molecule has 138 valence electrons. The number of guanidine groups is 1. The van der Waals surface area contributed by atoms with Gasteiger partial charge in [-0.15, -0.1) is 6.58 Å². The number of hydrogen-bond donors (Lipinski definition) is 2. The summed E-state index contributed by atoms with van der Waals surface area (Å²) in [5, 5.41) is 6.68. The van der Waals surface area contributed by atoms with Crippen LogP contribution in [0.3, 0.4) is 0 Å². The summed E-state index contributed by atoms with van der Waals surface area (Å²) in [6.07, 6.45) is 5.74. The minimum absolute atomic E-state index is 0.224. The third-order valence-electron chi connectivity index (χ3n) is 3.98.